The van der Waals surface area contributed by atoms with Gasteiger partial charge in [0.15, 0.2) is 0 Å². The number of hydrogen-bond donors (Lipinski definition) is 1. The summed E-state index contributed by atoms with van der Waals surface area (Å²) in [7, 11) is 0. The Bertz CT molecular complexity index is 1030. The second-order valence-corrected chi connectivity index (χ2v) is 8.52. The van der Waals surface area contributed by atoms with Crippen LogP contribution in [0.15, 0.2) is 67.1 Å². The molecule has 0 radical (unpaired) electrons. The molecule has 172 valence electrons. The third-order valence-corrected chi connectivity index (χ3v) is 6.19. The summed E-state index contributed by atoms with van der Waals surface area (Å²) >= 11 is 0. The van der Waals surface area contributed by atoms with Gasteiger partial charge in [-0.15, -0.1) is 0 Å². The highest BCUT2D eigenvalue weighted by atomic mass is 16.2. The zero-order valence-electron chi connectivity index (χ0n) is 18.9. The molecule has 1 saturated heterocycles. The number of amides is 2. The van der Waals surface area contributed by atoms with E-state index in [1.807, 2.05) is 46.0 Å². The number of pyridine rings is 1. The fraction of sp³-hybridized carbons (Fsp3) is 0.385. The normalized spacial score (nSPS) is 14.2. The number of anilines is 1. The number of likely N-dealkylation sites (tertiary alicyclic amines) is 1. The minimum atomic E-state index is 0.0106. The van der Waals surface area contributed by atoms with Crippen LogP contribution in [-0.2, 0) is 22.4 Å². The lowest BCUT2D eigenvalue weighted by Gasteiger charge is -2.33. The molecule has 7 heteroatoms. The number of rotatable bonds is 9. The number of carbonyl (C=O) groups is 2. The second kappa shape index (κ2) is 11.4. The van der Waals surface area contributed by atoms with Gasteiger partial charge in [0.25, 0.3) is 0 Å². The smallest absolute Gasteiger partial charge is 0.225 e. The summed E-state index contributed by atoms with van der Waals surface area (Å²) in [4.78, 5) is 31.0. The van der Waals surface area contributed by atoms with Gasteiger partial charge in [-0.1, -0.05) is 30.3 Å². The molecule has 0 aliphatic carbocycles. The van der Waals surface area contributed by atoms with Crippen molar-refractivity contribution in [2.75, 3.05) is 18.4 Å². The maximum absolute atomic E-state index is 12.6. The van der Waals surface area contributed by atoms with E-state index in [9.17, 15) is 9.59 Å². The molecule has 1 fully saturated rings. The van der Waals surface area contributed by atoms with Crippen LogP contribution in [0.4, 0.5) is 5.82 Å². The van der Waals surface area contributed by atoms with Crippen molar-refractivity contribution in [3.63, 3.8) is 0 Å². The number of piperidine rings is 1. The van der Waals surface area contributed by atoms with E-state index in [4.69, 9.17) is 0 Å². The van der Waals surface area contributed by atoms with Gasteiger partial charge in [-0.05, 0) is 55.4 Å². The van der Waals surface area contributed by atoms with Gasteiger partial charge in [-0.3, -0.25) is 14.6 Å². The van der Waals surface area contributed by atoms with Crippen LogP contribution >= 0.6 is 0 Å². The first-order valence-electron chi connectivity index (χ1n) is 11.7. The van der Waals surface area contributed by atoms with Gasteiger partial charge >= 0.3 is 0 Å². The first-order chi connectivity index (χ1) is 16.2. The van der Waals surface area contributed by atoms with E-state index in [0.717, 1.165) is 43.5 Å². The van der Waals surface area contributed by atoms with Gasteiger partial charge in [-0.25, -0.2) is 4.68 Å². The third kappa shape index (κ3) is 6.51. The summed E-state index contributed by atoms with van der Waals surface area (Å²) in [5.74, 6) is 0.941. The molecule has 3 heterocycles. The van der Waals surface area contributed by atoms with Gasteiger partial charge in [0, 0.05) is 44.4 Å². The number of nitrogens with zero attached hydrogens (tertiary/aromatic N) is 4. The zero-order chi connectivity index (χ0) is 22.9. The molecule has 3 aromatic rings. The lowest BCUT2D eigenvalue weighted by molar-refractivity contribution is -0.132. The molecule has 1 aliphatic rings. The Kier molecular flexibility index (Phi) is 7.85. The number of aryl methyl sites for hydroxylation is 2. The molecule has 2 aromatic heterocycles. The quantitative estimate of drug-likeness (QED) is 0.539. The SMILES string of the molecule is O=C(CCCc1ccccc1)Nc1ccnn1C1CCN(C(=O)CCc2ccncc2)CC1. The molecule has 1 aromatic carbocycles. The van der Waals surface area contributed by atoms with E-state index in [1.54, 1.807) is 18.6 Å². The number of benzene rings is 1. The second-order valence-electron chi connectivity index (χ2n) is 8.52. The number of carbonyl (C=O) groups excluding carboxylic acids is 2. The predicted octanol–water partition coefficient (Wildman–Crippen LogP) is 4.04. The predicted molar refractivity (Wildman–Crippen MR) is 128 cm³/mol. The Morgan fingerprint density at radius 3 is 2.36 bits per heavy atom. The molecule has 1 N–H and O–H groups in total. The van der Waals surface area contributed by atoms with Crippen LogP contribution in [-0.4, -0.2) is 44.6 Å². The van der Waals surface area contributed by atoms with E-state index in [-0.39, 0.29) is 17.9 Å². The molecule has 0 bridgehead atoms. The monoisotopic (exact) mass is 445 g/mol. The van der Waals surface area contributed by atoms with Crippen LogP contribution < -0.4 is 5.32 Å². The van der Waals surface area contributed by atoms with Crippen molar-refractivity contribution >= 4 is 17.6 Å². The van der Waals surface area contributed by atoms with Gasteiger partial charge in [-0.2, -0.15) is 5.10 Å². The highest BCUT2D eigenvalue weighted by Crippen LogP contribution is 2.26. The van der Waals surface area contributed by atoms with Crippen molar-refractivity contribution < 1.29 is 9.59 Å². The van der Waals surface area contributed by atoms with E-state index in [0.29, 0.717) is 25.9 Å². The number of aromatic nitrogens is 3. The highest BCUT2D eigenvalue weighted by Gasteiger charge is 2.25. The fourth-order valence-electron chi connectivity index (χ4n) is 4.33. The zero-order valence-corrected chi connectivity index (χ0v) is 18.9. The summed E-state index contributed by atoms with van der Waals surface area (Å²) in [6.07, 6.45) is 10.3. The first kappa shape index (κ1) is 22.7. The first-order valence-corrected chi connectivity index (χ1v) is 11.7. The molecule has 2 amide bonds. The van der Waals surface area contributed by atoms with E-state index >= 15 is 0 Å². The van der Waals surface area contributed by atoms with Crippen LogP contribution in [0.25, 0.3) is 0 Å². The lowest BCUT2D eigenvalue weighted by Crippen LogP contribution is -2.39. The van der Waals surface area contributed by atoms with Crippen molar-refractivity contribution in [2.24, 2.45) is 0 Å². The summed E-state index contributed by atoms with van der Waals surface area (Å²) < 4.78 is 1.91. The van der Waals surface area contributed by atoms with Gasteiger partial charge in [0.05, 0.1) is 12.2 Å². The Morgan fingerprint density at radius 2 is 1.61 bits per heavy atom. The molecule has 1 aliphatic heterocycles. The molecule has 33 heavy (non-hydrogen) atoms. The minimum Gasteiger partial charge on any atom is -0.343 e. The average molecular weight is 446 g/mol. The Balaban J connectivity index is 1.22. The van der Waals surface area contributed by atoms with Gasteiger partial charge in [0.1, 0.15) is 5.82 Å². The fourth-order valence-corrected chi connectivity index (χ4v) is 4.33. The molecular formula is C26H31N5O2. The van der Waals surface area contributed by atoms with Crippen LogP contribution in [0.2, 0.25) is 0 Å². The van der Waals surface area contributed by atoms with Crippen LogP contribution in [0.3, 0.4) is 0 Å². The Morgan fingerprint density at radius 1 is 0.879 bits per heavy atom. The van der Waals surface area contributed by atoms with Crippen molar-refractivity contribution in [3.8, 4) is 0 Å². The Labute approximate surface area is 194 Å². The van der Waals surface area contributed by atoms with E-state index < -0.39 is 0 Å². The lowest BCUT2D eigenvalue weighted by atomic mass is 10.0. The third-order valence-electron chi connectivity index (χ3n) is 6.19. The standard InChI is InChI=1S/C26H31N5O2/c32-25(8-4-7-21-5-2-1-3-6-21)29-24-13-18-28-31(24)23-14-19-30(20-15-23)26(33)10-9-22-11-16-27-17-12-22/h1-3,5-6,11-13,16-18,23H,4,7-10,14-15,19-20H2,(H,29,32). The molecule has 0 unspecified atom stereocenters. The maximum atomic E-state index is 12.6. The topological polar surface area (TPSA) is 80.1 Å². The van der Waals surface area contributed by atoms with Crippen molar-refractivity contribution in [1.29, 1.82) is 0 Å². The number of nitrogens with one attached hydrogen (secondary N) is 1. The van der Waals surface area contributed by atoms with Crippen LogP contribution in [0.1, 0.15) is 49.3 Å². The van der Waals surface area contributed by atoms with Gasteiger partial charge < -0.3 is 10.2 Å². The van der Waals surface area contributed by atoms with Crippen molar-refractivity contribution in [3.05, 3.63) is 78.2 Å². The minimum absolute atomic E-state index is 0.0106. The molecule has 0 spiro atoms. The molecule has 0 saturated carbocycles. The van der Waals surface area contributed by atoms with Crippen molar-refractivity contribution in [2.45, 2.75) is 51.0 Å². The summed E-state index contributed by atoms with van der Waals surface area (Å²) in [5.41, 5.74) is 2.38. The van der Waals surface area contributed by atoms with Gasteiger partial charge in [0.2, 0.25) is 11.8 Å². The summed E-state index contributed by atoms with van der Waals surface area (Å²) in [5, 5.41) is 7.48. The van der Waals surface area contributed by atoms with E-state index in [1.165, 1.54) is 5.56 Å². The number of hydrogen-bond acceptors (Lipinski definition) is 4. The molecule has 4 rings (SSSR count). The molecule has 7 nitrogen and oxygen atoms in total. The van der Waals surface area contributed by atoms with Crippen LogP contribution in [0.5, 0.6) is 0 Å². The maximum Gasteiger partial charge on any atom is 0.225 e. The highest BCUT2D eigenvalue weighted by molar-refractivity contribution is 5.89. The summed E-state index contributed by atoms with van der Waals surface area (Å²) in [6.45, 7) is 1.42. The molecule has 0 atom stereocenters. The van der Waals surface area contributed by atoms with E-state index in [2.05, 4.69) is 27.5 Å². The molecular weight excluding hydrogens is 414 g/mol. The summed E-state index contributed by atoms with van der Waals surface area (Å²) in [6, 6.07) is 16.2. The van der Waals surface area contributed by atoms with Crippen LogP contribution in [0, 0.1) is 0 Å². The largest absolute Gasteiger partial charge is 0.343 e. The Hall–Kier alpha value is -3.48. The van der Waals surface area contributed by atoms with Crippen molar-refractivity contribution in [1.82, 2.24) is 19.7 Å². The average Bonchev–Trinajstić information content (AvgIpc) is 3.32.